The third kappa shape index (κ3) is 1.65. The summed E-state index contributed by atoms with van der Waals surface area (Å²) in [6, 6.07) is 0. The Balaban J connectivity index is 2.11. The number of thioether (sulfide) groups is 1. The van der Waals surface area contributed by atoms with Crippen molar-refractivity contribution in [1.29, 1.82) is 0 Å². The molecule has 66 valence electrons. The van der Waals surface area contributed by atoms with Crippen molar-refractivity contribution in [3.05, 3.63) is 16.6 Å². The minimum Gasteiger partial charge on any atom is -0.392 e. The molecular formula is C8H11NOS2. The van der Waals surface area contributed by atoms with Gasteiger partial charge in [0.1, 0.15) is 0 Å². The van der Waals surface area contributed by atoms with Gasteiger partial charge in [-0.15, -0.1) is 11.3 Å². The van der Waals surface area contributed by atoms with Crippen molar-refractivity contribution in [1.82, 2.24) is 4.98 Å². The largest absolute Gasteiger partial charge is 0.392 e. The smallest absolute Gasteiger partial charge is 0.0990 e. The van der Waals surface area contributed by atoms with Gasteiger partial charge in [-0.1, -0.05) is 0 Å². The highest BCUT2D eigenvalue weighted by atomic mass is 32.2. The van der Waals surface area contributed by atoms with E-state index >= 15 is 0 Å². The number of aromatic nitrogens is 1. The number of nitrogens with zero attached hydrogens (tertiary/aromatic N) is 1. The zero-order valence-electron chi connectivity index (χ0n) is 6.64. The van der Waals surface area contributed by atoms with E-state index in [1.54, 1.807) is 11.3 Å². The lowest BCUT2D eigenvalue weighted by Crippen LogP contribution is -2.25. The zero-order chi connectivity index (χ0) is 8.39. The van der Waals surface area contributed by atoms with Crippen molar-refractivity contribution in [3.63, 3.8) is 0 Å². The third-order valence-electron chi connectivity index (χ3n) is 2.09. The third-order valence-corrected chi connectivity index (χ3v) is 4.12. The summed E-state index contributed by atoms with van der Waals surface area (Å²) in [5, 5.41) is 12.8. The van der Waals surface area contributed by atoms with Crippen LogP contribution in [0.15, 0.2) is 11.6 Å². The van der Waals surface area contributed by atoms with E-state index < -0.39 is 0 Å². The van der Waals surface area contributed by atoms with Gasteiger partial charge in [0.25, 0.3) is 0 Å². The molecule has 0 aromatic carbocycles. The average Bonchev–Trinajstić information content (AvgIpc) is 2.57. The number of aliphatic hydroxyl groups is 1. The molecule has 1 aliphatic heterocycles. The molecule has 2 rings (SSSR count). The van der Waals surface area contributed by atoms with E-state index in [4.69, 9.17) is 0 Å². The first-order valence-electron chi connectivity index (χ1n) is 4.03. The van der Waals surface area contributed by atoms with Crippen molar-refractivity contribution in [2.24, 2.45) is 0 Å². The van der Waals surface area contributed by atoms with E-state index in [-0.39, 0.29) is 12.0 Å². The monoisotopic (exact) mass is 201 g/mol. The molecule has 1 aromatic heterocycles. The molecule has 2 heterocycles. The summed E-state index contributed by atoms with van der Waals surface area (Å²) in [5.41, 5.74) is 0. The zero-order valence-corrected chi connectivity index (χ0v) is 8.27. The van der Waals surface area contributed by atoms with Crippen LogP contribution < -0.4 is 0 Å². The number of thiazole rings is 1. The van der Waals surface area contributed by atoms with Gasteiger partial charge in [0.05, 0.1) is 11.1 Å². The van der Waals surface area contributed by atoms with Gasteiger partial charge in [-0.05, 0) is 12.2 Å². The highest BCUT2D eigenvalue weighted by Gasteiger charge is 2.26. The van der Waals surface area contributed by atoms with Crippen LogP contribution in [-0.4, -0.2) is 27.7 Å². The Kier molecular flexibility index (Phi) is 2.68. The van der Waals surface area contributed by atoms with Crippen LogP contribution in [-0.2, 0) is 0 Å². The molecule has 1 aliphatic rings. The summed E-state index contributed by atoms with van der Waals surface area (Å²) in [6.07, 6.45) is 2.55. The maximum Gasteiger partial charge on any atom is 0.0990 e. The van der Waals surface area contributed by atoms with Gasteiger partial charge in [-0.2, -0.15) is 11.8 Å². The highest BCUT2D eigenvalue weighted by molar-refractivity contribution is 7.99. The van der Waals surface area contributed by atoms with Crippen molar-refractivity contribution >= 4 is 23.1 Å². The van der Waals surface area contributed by atoms with Crippen molar-refractivity contribution < 1.29 is 5.11 Å². The predicted molar refractivity (Wildman–Crippen MR) is 52.8 cm³/mol. The highest BCUT2D eigenvalue weighted by Crippen LogP contribution is 2.32. The van der Waals surface area contributed by atoms with E-state index in [2.05, 4.69) is 4.98 Å². The Morgan fingerprint density at radius 3 is 3.17 bits per heavy atom. The SMILES string of the molecule is OC1CCSCC1c1nccs1. The fourth-order valence-corrected chi connectivity index (χ4v) is 3.49. The summed E-state index contributed by atoms with van der Waals surface area (Å²) in [4.78, 5) is 4.24. The fraction of sp³-hybridized carbons (Fsp3) is 0.625. The molecule has 12 heavy (non-hydrogen) atoms. The Bertz CT molecular complexity index is 237. The van der Waals surface area contributed by atoms with Gasteiger partial charge in [-0.25, -0.2) is 4.98 Å². The number of hydrogen-bond donors (Lipinski definition) is 1. The van der Waals surface area contributed by atoms with Crippen LogP contribution in [0.25, 0.3) is 0 Å². The van der Waals surface area contributed by atoms with E-state index in [0.29, 0.717) is 0 Å². The van der Waals surface area contributed by atoms with Gasteiger partial charge in [0.2, 0.25) is 0 Å². The molecule has 4 heteroatoms. The summed E-state index contributed by atoms with van der Waals surface area (Å²) >= 11 is 3.56. The lowest BCUT2D eigenvalue weighted by Gasteiger charge is -2.25. The first kappa shape index (κ1) is 8.53. The Morgan fingerprint density at radius 2 is 2.50 bits per heavy atom. The topological polar surface area (TPSA) is 33.1 Å². The van der Waals surface area contributed by atoms with E-state index in [9.17, 15) is 5.11 Å². The number of aliphatic hydroxyl groups excluding tert-OH is 1. The molecule has 0 radical (unpaired) electrons. The molecule has 0 spiro atoms. The Labute approximate surface area is 80.0 Å². The second-order valence-electron chi connectivity index (χ2n) is 2.91. The molecule has 0 aliphatic carbocycles. The van der Waals surface area contributed by atoms with Gasteiger partial charge in [0.15, 0.2) is 0 Å². The fourth-order valence-electron chi connectivity index (χ4n) is 1.38. The molecule has 2 atom stereocenters. The molecular weight excluding hydrogens is 190 g/mol. The Morgan fingerprint density at radius 1 is 1.58 bits per heavy atom. The molecule has 0 amide bonds. The molecule has 0 saturated carbocycles. The van der Waals surface area contributed by atoms with Crippen molar-refractivity contribution in [2.45, 2.75) is 18.4 Å². The summed E-state index contributed by atoms with van der Waals surface area (Å²) < 4.78 is 0. The summed E-state index contributed by atoms with van der Waals surface area (Å²) in [6.45, 7) is 0. The first-order valence-corrected chi connectivity index (χ1v) is 6.06. The quantitative estimate of drug-likeness (QED) is 0.751. The van der Waals surface area contributed by atoms with Gasteiger partial charge in [0, 0.05) is 23.2 Å². The number of hydrogen-bond acceptors (Lipinski definition) is 4. The van der Waals surface area contributed by atoms with E-state index in [0.717, 1.165) is 22.9 Å². The standard InChI is InChI=1S/C8H11NOS2/c10-7-1-3-11-5-6(7)8-9-2-4-12-8/h2,4,6-7,10H,1,3,5H2. The molecule has 2 nitrogen and oxygen atoms in total. The maximum atomic E-state index is 9.69. The second kappa shape index (κ2) is 3.77. The van der Waals surface area contributed by atoms with Crippen LogP contribution in [0.1, 0.15) is 17.3 Å². The molecule has 1 N–H and O–H groups in total. The summed E-state index contributed by atoms with van der Waals surface area (Å²) in [7, 11) is 0. The van der Waals surface area contributed by atoms with Crippen LogP contribution in [0.5, 0.6) is 0 Å². The summed E-state index contributed by atoms with van der Waals surface area (Å²) in [5.74, 6) is 2.39. The van der Waals surface area contributed by atoms with E-state index in [1.807, 2.05) is 23.3 Å². The maximum absolute atomic E-state index is 9.69. The minimum atomic E-state index is -0.169. The molecule has 1 aromatic rings. The predicted octanol–water partition coefficient (Wildman–Crippen LogP) is 1.72. The minimum absolute atomic E-state index is 0.169. The van der Waals surface area contributed by atoms with Gasteiger partial charge < -0.3 is 5.11 Å². The van der Waals surface area contributed by atoms with Crippen LogP contribution in [0.4, 0.5) is 0 Å². The van der Waals surface area contributed by atoms with Crippen LogP contribution in [0.3, 0.4) is 0 Å². The van der Waals surface area contributed by atoms with E-state index in [1.165, 1.54) is 0 Å². The molecule has 1 fully saturated rings. The first-order chi connectivity index (χ1) is 5.88. The van der Waals surface area contributed by atoms with Crippen molar-refractivity contribution in [3.8, 4) is 0 Å². The normalized spacial score (nSPS) is 30.4. The van der Waals surface area contributed by atoms with Crippen LogP contribution >= 0.6 is 23.1 Å². The Hall–Kier alpha value is -0.0600. The lowest BCUT2D eigenvalue weighted by atomic mass is 10.0. The lowest BCUT2D eigenvalue weighted by molar-refractivity contribution is 0.144. The second-order valence-corrected chi connectivity index (χ2v) is 4.98. The molecule has 1 saturated heterocycles. The number of rotatable bonds is 1. The van der Waals surface area contributed by atoms with Crippen LogP contribution in [0, 0.1) is 0 Å². The van der Waals surface area contributed by atoms with Crippen molar-refractivity contribution in [2.75, 3.05) is 11.5 Å². The molecule has 0 bridgehead atoms. The average molecular weight is 201 g/mol. The van der Waals surface area contributed by atoms with Crippen LogP contribution in [0.2, 0.25) is 0 Å². The van der Waals surface area contributed by atoms with Gasteiger partial charge >= 0.3 is 0 Å². The van der Waals surface area contributed by atoms with Gasteiger partial charge in [-0.3, -0.25) is 0 Å². The molecule has 2 unspecified atom stereocenters.